The monoisotopic (exact) mass is 367 g/mol. The third kappa shape index (κ3) is 5.13. The van der Waals surface area contributed by atoms with Crippen molar-refractivity contribution in [2.45, 2.75) is 32.7 Å². The molecule has 1 N–H and O–H groups in total. The van der Waals surface area contributed by atoms with Crippen LogP contribution in [0.5, 0.6) is 5.75 Å². The molecule has 0 aliphatic rings. The van der Waals surface area contributed by atoms with Crippen LogP contribution in [0.2, 0.25) is 0 Å². The van der Waals surface area contributed by atoms with E-state index in [9.17, 15) is 0 Å². The summed E-state index contributed by atoms with van der Waals surface area (Å²) in [5.41, 5.74) is 1.23. The van der Waals surface area contributed by atoms with Gasteiger partial charge in [-0.05, 0) is 65.0 Å². The molecule has 114 valence electrons. The second-order valence-corrected chi connectivity index (χ2v) is 6.90. The Hall–Kier alpha value is -0.840. The van der Waals surface area contributed by atoms with E-state index >= 15 is 0 Å². The highest BCUT2D eigenvalue weighted by molar-refractivity contribution is 9.10. The highest BCUT2D eigenvalue weighted by atomic mass is 79.9. The highest BCUT2D eigenvalue weighted by Crippen LogP contribution is 2.31. The van der Waals surface area contributed by atoms with Gasteiger partial charge in [-0.25, -0.2) is 0 Å². The molecule has 0 aliphatic carbocycles. The molecule has 0 saturated heterocycles. The molecular weight excluding hydrogens is 346 g/mol. The first kappa shape index (κ1) is 16.5. The normalized spacial score (nSPS) is 12.3. The summed E-state index contributed by atoms with van der Waals surface area (Å²) in [5, 5.41) is 5.74. The van der Waals surface area contributed by atoms with Crippen LogP contribution in [0.15, 0.2) is 40.2 Å². The molecule has 0 amide bonds. The molecule has 4 heteroatoms. The van der Waals surface area contributed by atoms with Crippen LogP contribution in [0, 0.1) is 6.92 Å². The number of aryl methyl sites for hydroxylation is 1. The lowest BCUT2D eigenvalue weighted by Crippen LogP contribution is -2.23. The maximum atomic E-state index is 5.88. The van der Waals surface area contributed by atoms with Crippen LogP contribution in [0.3, 0.4) is 0 Å². The smallest absolute Gasteiger partial charge is 0.119 e. The SMILES string of the molecule is CCCNC(CCOc1cccc(C)c1)c1sccc1Br. The van der Waals surface area contributed by atoms with Crippen LogP contribution in [-0.2, 0) is 0 Å². The third-order valence-electron chi connectivity index (χ3n) is 3.27. The Labute approximate surface area is 139 Å². The number of hydrogen-bond acceptors (Lipinski definition) is 3. The van der Waals surface area contributed by atoms with Crippen LogP contribution < -0.4 is 10.1 Å². The lowest BCUT2D eigenvalue weighted by atomic mass is 10.1. The number of nitrogens with one attached hydrogen (secondary N) is 1. The zero-order chi connectivity index (χ0) is 15.1. The fourth-order valence-corrected chi connectivity index (χ4v) is 3.96. The number of ether oxygens (including phenoxy) is 1. The van der Waals surface area contributed by atoms with Crippen molar-refractivity contribution in [3.63, 3.8) is 0 Å². The fraction of sp³-hybridized carbons (Fsp3) is 0.412. The van der Waals surface area contributed by atoms with Crippen molar-refractivity contribution < 1.29 is 4.74 Å². The van der Waals surface area contributed by atoms with Gasteiger partial charge >= 0.3 is 0 Å². The van der Waals surface area contributed by atoms with Crippen molar-refractivity contribution in [1.82, 2.24) is 5.32 Å². The summed E-state index contributed by atoms with van der Waals surface area (Å²) in [6.45, 7) is 6.02. The molecule has 1 heterocycles. The van der Waals surface area contributed by atoms with E-state index in [0.717, 1.165) is 31.7 Å². The Bertz CT molecular complexity index is 555. The van der Waals surface area contributed by atoms with Crippen molar-refractivity contribution in [1.29, 1.82) is 0 Å². The summed E-state index contributed by atoms with van der Waals surface area (Å²) in [4.78, 5) is 1.36. The Morgan fingerprint density at radius 1 is 1.33 bits per heavy atom. The minimum atomic E-state index is 0.351. The molecule has 0 bridgehead atoms. The number of halogens is 1. The zero-order valence-electron chi connectivity index (χ0n) is 12.6. The van der Waals surface area contributed by atoms with Gasteiger partial charge in [0.2, 0.25) is 0 Å². The van der Waals surface area contributed by atoms with Gasteiger partial charge in [0.05, 0.1) is 6.61 Å². The van der Waals surface area contributed by atoms with Crippen molar-refractivity contribution in [3.8, 4) is 5.75 Å². The van der Waals surface area contributed by atoms with Crippen LogP contribution >= 0.6 is 27.3 Å². The molecule has 0 aliphatic heterocycles. The van der Waals surface area contributed by atoms with Crippen LogP contribution in [0.1, 0.15) is 36.2 Å². The van der Waals surface area contributed by atoms with Gasteiger partial charge in [0.1, 0.15) is 5.75 Å². The maximum Gasteiger partial charge on any atom is 0.119 e. The summed E-state index contributed by atoms with van der Waals surface area (Å²) < 4.78 is 7.08. The average molecular weight is 368 g/mol. The molecule has 0 radical (unpaired) electrons. The molecule has 2 nitrogen and oxygen atoms in total. The standard InChI is InChI=1S/C17H22BrNOS/c1-3-9-19-16(17-15(18)8-11-21-17)7-10-20-14-6-4-5-13(2)12-14/h4-6,8,11-12,16,19H,3,7,9-10H2,1-2H3. The molecule has 0 fully saturated rings. The number of hydrogen-bond donors (Lipinski definition) is 1. The first-order valence-corrected chi connectivity index (χ1v) is 9.03. The van der Waals surface area contributed by atoms with Crippen LogP contribution in [0.4, 0.5) is 0 Å². The van der Waals surface area contributed by atoms with Gasteiger partial charge in [0.15, 0.2) is 0 Å². The van der Waals surface area contributed by atoms with E-state index in [4.69, 9.17) is 4.74 Å². The lowest BCUT2D eigenvalue weighted by molar-refractivity contribution is 0.287. The quantitative estimate of drug-likeness (QED) is 0.680. The second-order valence-electron chi connectivity index (χ2n) is 5.09. The van der Waals surface area contributed by atoms with Crippen molar-refractivity contribution in [3.05, 3.63) is 50.6 Å². The summed E-state index contributed by atoms with van der Waals surface area (Å²) in [6.07, 6.45) is 2.10. The molecule has 1 aromatic heterocycles. The Morgan fingerprint density at radius 2 is 2.19 bits per heavy atom. The summed E-state index contributed by atoms with van der Waals surface area (Å²) in [7, 11) is 0. The number of thiophene rings is 1. The highest BCUT2D eigenvalue weighted by Gasteiger charge is 2.15. The molecule has 2 rings (SSSR count). The van der Waals surface area contributed by atoms with Gasteiger partial charge in [-0.2, -0.15) is 0 Å². The van der Waals surface area contributed by atoms with Gasteiger partial charge < -0.3 is 10.1 Å². The molecule has 21 heavy (non-hydrogen) atoms. The molecule has 1 atom stereocenters. The fourth-order valence-electron chi connectivity index (χ4n) is 2.20. The Kier molecular flexibility index (Phi) is 6.74. The predicted octanol–water partition coefficient (Wildman–Crippen LogP) is 5.33. The molecule has 0 saturated carbocycles. The van der Waals surface area contributed by atoms with E-state index in [1.165, 1.54) is 14.9 Å². The Morgan fingerprint density at radius 3 is 2.86 bits per heavy atom. The molecule has 0 spiro atoms. The van der Waals surface area contributed by atoms with Gasteiger partial charge in [-0.15, -0.1) is 11.3 Å². The van der Waals surface area contributed by atoms with E-state index < -0.39 is 0 Å². The van der Waals surface area contributed by atoms with Crippen LogP contribution in [-0.4, -0.2) is 13.2 Å². The molecule has 2 aromatic rings. The minimum Gasteiger partial charge on any atom is -0.494 e. The summed E-state index contributed by atoms with van der Waals surface area (Å²) >= 11 is 5.43. The first-order valence-electron chi connectivity index (χ1n) is 7.36. The van der Waals surface area contributed by atoms with Crippen LogP contribution in [0.25, 0.3) is 0 Å². The number of benzene rings is 1. The second kappa shape index (κ2) is 8.57. The molecule has 1 aromatic carbocycles. The molecular formula is C17H22BrNOS. The Balaban J connectivity index is 1.91. The topological polar surface area (TPSA) is 21.3 Å². The van der Waals surface area contributed by atoms with Gasteiger partial charge in [-0.1, -0.05) is 19.1 Å². The van der Waals surface area contributed by atoms with E-state index in [0.29, 0.717) is 6.04 Å². The largest absolute Gasteiger partial charge is 0.494 e. The van der Waals surface area contributed by atoms with Gasteiger partial charge in [0, 0.05) is 21.8 Å². The third-order valence-corrected chi connectivity index (χ3v) is 5.25. The van der Waals surface area contributed by atoms with Gasteiger partial charge in [-0.3, -0.25) is 0 Å². The van der Waals surface area contributed by atoms with E-state index in [1.54, 1.807) is 11.3 Å². The average Bonchev–Trinajstić information content (AvgIpc) is 2.89. The molecule has 1 unspecified atom stereocenters. The van der Waals surface area contributed by atoms with E-state index in [-0.39, 0.29) is 0 Å². The first-order chi connectivity index (χ1) is 10.2. The number of rotatable bonds is 8. The van der Waals surface area contributed by atoms with Gasteiger partial charge in [0.25, 0.3) is 0 Å². The zero-order valence-corrected chi connectivity index (χ0v) is 15.0. The lowest BCUT2D eigenvalue weighted by Gasteiger charge is -2.18. The minimum absolute atomic E-state index is 0.351. The summed E-state index contributed by atoms with van der Waals surface area (Å²) in [6, 6.07) is 10.7. The predicted molar refractivity (Wildman–Crippen MR) is 94.3 cm³/mol. The van der Waals surface area contributed by atoms with E-state index in [1.807, 2.05) is 12.1 Å². The van der Waals surface area contributed by atoms with Crippen molar-refractivity contribution in [2.75, 3.05) is 13.2 Å². The van der Waals surface area contributed by atoms with Crippen molar-refractivity contribution in [2.24, 2.45) is 0 Å². The van der Waals surface area contributed by atoms with Crippen molar-refractivity contribution >= 4 is 27.3 Å². The maximum absolute atomic E-state index is 5.88. The van der Waals surface area contributed by atoms with E-state index in [2.05, 4.69) is 58.7 Å². The summed E-state index contributed by atoms with van der Waals surface area (Å²) in [5.74, 6) is 0.953.